The van der Waals surface area contributed by atoms with Crippen LogP contribution in [0.5, 0.6) is 0 Å². The number of hydrogen-bond donors (Lipinski definition) is 1. The normalized spacial score (nSPS) is 17.1. The molecule has 0 radical (unpaired) electrons. The van der Waals surface area contributed by atoms with Crippen LogP contribution in [-0.2, 0) is 6.42 Å². The van der Waals surface area contributed by atoms with Gasteiger partial charge in [-0.05, 0) is 43.9 Å². The van der Waals surface area contributed by atoms with Crippen molar-refractivity contribution in [1.82, 2.24) is 0 Å². The minimum atomic E-state index is -4.23. The molecule has 6 heteroatoms. The van der Waals surface area contributed by atoms with Gasteiger partial charge in [-0.1, -0.05) is 17.7 Å². The molecule has 0 aliphatic heterocycles. The van der Waals surface area contributed by atoms with E-state index in [-0.39, 0.29) is 12.1 Å². The Morgan fingerprint density at radius 2 is 2.05 bits per heavy atom. The molecule has 1 aliphatic rings. The number of alkyl halides is 3. The zero-order valence-corrected chi connectivity index (χ0v) is 12.0. The van der Waals surface area contributed by atoms with Crippen LogP contribution in [0.1, 0.15) is 25.3 Å². The van der Waals surface area contributed by atoms with Gasteiger partial charge in [0.2, 0.25) is 0 Å². The highest BCUT2D eigenvalue weighted by molar-refractivity contribution is 6.31. The molecule has 112 valence electrons. The summed E-state index contributed by atoms with van der Waals surface area (Å²) in [6.45, 7) is 0.877. The first-order valence-electron chi connectivity index (χ1n) is 6.64. The van der Waals surface area contributed by atoms with Crippen LogP contribution < -0.4 is 10.6 Å². The van der Waals surface area contributed by atoms with Crippen molar-refractivity contribution in [2.75, 3.05) is 11.4 Å². The Kier molecular flexibility index (Phi) is 4.49. The fourth-order valence-electron chi connectivity index (χ4n) is 2.33. The Hall–Kier alpha value is -0.940. The number of nitrogens with zero attached hydrogens (tertiary/aromatic N) is 1. The number of anilines is 1. The summed E-state index contributed by atoms with van der Waals surface area (Å²) in [4.78, 5) is 1.42. The zero-order chi connectivity index (χ0) is 14.9. The van der Waals surface area contributed by atoms with Crippen molar-refractivity contribution in [3.63, 3.8) is 0 Å². The fraction of sp³-hybridized carbons (Fsp3) is 0.571. The molecular formula is C14H18ClF3N2. The van der Waals surface area contributed by atoms with Crippen LogP contribution in [0.2, 0.25) is 5.02 Å². The lowest BCUT2D eigenvalue weighted by molar-refractivity contribution is -0.120. The van der Waals surface area contributed by atoms with E-state index in [1.165, 1.54) is 4.90 Å². The van der Waals surface area contributed by atoms with E-state index in [0.717, 1.165) is 12.8 Å². The van der Waals surface area contributed by atoms with Crippen molar-refractivity contribution in [1.29, 1.82) is 0 Å². The number of rotatable bonds is 5. The zero-order valence-electron chi connectivity index (χ0n) is 11.3. The molecule has 2 N–H and O–H groups in total. The molecule has 1 aromatic carbocycles. The molecule has 0 bridgehead atoms. The van der Waals surface area contributed by atoms with E-state index in [9.17, 15) is 13.2 Å². The molecule has 0 amide bonds. The molecule has 0 spiro atoms. The summed E-state index contributed by atoms with van der Waals surface area (Å²) in [5, 5.41) is 0.479. The fourth-order valence-corrected chi connectivity index (χ4v) is 2.58. The van der Waals surface area contributed by atoms with E-state index >= 15 is 0 Å². The highest BCUT2D eigenvalue weighted by Gasteiger charge is 2.39. The third-order valence-electron chi connectivity index (χ3n) is 3.27. The molecular weight excluding hydrogens is 289 g/mol. The Morgan fingerprint density at radius 3 is 2.55 bits per heavy atom. The second-order valence-electron chi connectivity index (χ2n) is 5.39. The largest absolute Gasteiger partial charge is 0.405 e. The van der Waals surface area contributed by atoms with Gasteiger partial charge >= 0.3 is 6.18 Å². The van der Waals surface area contributed by atoms with Gasteiger partial charge < -0.3 is 10.6 Å². The van der Waals surface area contributed by atoms with E-state index in [1.54, 1.807) is 18.2 Å². The molecule has 2 nitrogen and oxygen atoms in total. The van der Waals surface area contributed by atoms with E-state index in [4.69, 9.17) is 17.3 Å². The van der Waals surface area contributed by atoms with E-state index in [0.29, 0.717) is 22.7 Å². The number of hydrogen-bond acceptors (Lipinski definition) is 2. The second-order valence-corrected chi connectivity index (χ2v) is 5.80. The molecule has 0 heterocycles. The highest BCUT2D eigenvalue weighted by Crippen LogP contribution is 2.38. The third-order valence-corrected chi connectivity index (χ3v) is 3.62. The second kappa shape index (κ2) is 5.82. The molecule has 0 saturated heterocycles. The summed E-state index contributed by atoms with van der Waals surface area (Å²) in [6, 6.07) is 4.89. The van der Waals surface area contributed by atoms with Gasteiger partial charge in [-0.25, -0.2) is 0 Å². The van der Waals surface area contributed by atoms with Crippen molar-refractivity contribution >= 4 is 17.3 Å². The quantitative estimate of drug-likeness (QED) is 0.897. The summed E-state index contributed by atoms with van der Waals surface area (Å²) >= 11 is 6.15. The summed E-state index contributed by atoms with van der Waals surface area (Å²) in [6.07, 6.45) is -2.17. The monoisotopic (exact) mass is 306 g/mol. The van der Waals surface area contributed by atoms with Gasteiger partial charge in [-0.3, -0.25) is 0 Å². The number of halogens is 4. The molecule has 1 unspecified atom stereocenters. The van der Waals surface area contributed by atoms with Crippen LogP contribution in [0.4, 0.5) is 18.9 Å². The number of benzene rings is 1. The summed E-state index contributed by atoms with van der Waals surface area (Å²) in [5.41, 5.74) is 7.06. The Balaban J connectivity index is 2.35. The lowest BCUT2D eigenvalue weighted by Crippen LogP contribution is -2.37. The molecule has 1 aliphatic carbocycles. The molecule has 1 saturated carbocycles. The van der Waals surface area contributed by atoms with Crippen molar-refractivity contribution in [3.8, 4) is 0 Å². The van der Waals surface area contributed by atoms with Gasteiger partial charge in [0.05, 0.1) is 0 Å². The first-order chi connectivity index (χ1) is 9.28. The predicted octanol–water partition coefficient (Wildman–Crippen LogP) is 3.76. The average molecular weight is 307 g/mol. The standard InChI is InChI=1S/C14H18ClF3N2/c1-9(19)7-11-12(15)3-2-4-13(11)20(10-5-6-10)8-14(16,17)18/h2-4,9-10H,5-8,19H2,1H3. The van der Waals surface area contributed by atoms with Gasteiger partial charge in [0, 0.05) is 22.8 Å². The number of nitrogens with two attached hydrogens (primary N) is 1. The van der Waals surface area contributed by atoms with Crippen LogP contribution in [-0.4, -0.2) is 24.8 Å². The van der Waals surface area contributed by atoms with Gasteiger partial charge in [0.25, 0.3) is 0 Å². The SMILES string of the molecule is CC(N)Cc1c(Cl)cccc1N(CC(F)(F)F)C1CC1. The first-order valence-corrected chi connectivity index (χ1v) is 7.02. The van der Waals surface area contributed by atoms with E-state index in [2.05, 4.69) is 0 Å². The average Bonchev–Trinajstić information content (AvgIpc) is 3.11. The van der Waals surface area contributed by atoms with Crippen molar-refractivity contribution in [3.05, 3.63) is 28.8 Å². The Bertz CT molecular complexity index is 470. The van der Waals surface area contributed by atoms with Crippen LogP contribution in [0.3, 0.4) is 0 Å². The topological polar surface area (TPSA) is 29.3 Å². The minimum absolute atomic E-state index is 0.0399. The maximum Gasteiger partial charge on any atom is 0.405 e. The van der Waals surface area contributed by atoms with Crippen LogP contribution in [0.15, 0.2) is 18.2 Å². The van der Waals surface area contributed by atoms with Gasteiger partial charge in [-0.2, -0.15) is 13.2 Å². The Morgan fingerprint density at radius 1 is 1.40 bits per heavy atom. The van der Waals surface area contributed by atoms with Gasteiger partial charge in [-0.15, -0.1) is 0 Å². The van der Waals surface area contributed by atoms with Gasteiger partial charge in [0.1, 0.15) is 6.54 Å². The maximum atomic E-state index is 12.8. The summed E-state index contributed by atoms with van der Waals surface area (Å²) in [5.74, 6) is 0. The first kappa shape index (κ1) is 15.4. The van der Waals surface area contributed by atoms with Gasteiger partial charge in [0.15, 0.2) is 0 Å². The maximum absolute atomic E-state index is 12.8. The summed E-state index contributed by atoms with van der Waals surface area (Å²) in [7, 11) is 0. The smallest absolute Gasteiger partial charge is 0.359 e. The van der Waals surface area contributed by atoms with Crippen LogP contribution in [0, 0.1) is 0 Å². The molecule has 1 fully saturated rings. The van der Waals surface area contributed by atoms with Crippen molar-refractivity contribution < 1.29 is 13.2 Å². The molecule has 1 atom stereocenters. The summed E-state index contributed by atoms with van der Waals surface area (Å²) < 4.78 is 38.3. The highest BCUT2D eigenvalue weighted by atomic mass is 35.5. The van der Waals surface area contributed by atoms with E-state index in [1.807, 2.05) is 6.92 Å². The van der Waals surface area contributed by atoms with Crippen molar-refractivity contribution in [2.24, 2.45) is 5.73 Å². The molecule has 2 rings (SSSR count). The van der Waals surface area contributed by atoms with E-state index < -0.39 is 12.7 Å². The minimum Gasteiger partial charge on any atom is -0.359 e. The molecule has 20 heavy (non-hydrogen) atoms. The Labute approximate surface area is 121 Å². The lowest BCUT2D eigenvalue weighted by atomic mass is 10.0. The van der Waals surface area contributed by atoms with Crippen molar-refractivity contribution in [2.45, 2.75) is 44.4 Å². The molecule has 0 aromatic heterocycles. The lowest BCUT2D eigenvalue weighted by Gasteiger charge is -2.29. The molecule has 1 aromatic rings. The van der Waals surface area contributed by atoms with Crippen LogP contribution >= 0.6 is 11.6 Å². The predicted molar refractivity (Wildman–Crippen MR) is 75.2 cm³/mol. The van der Waals surface area contributed by atoms with Crippen LogP contribution in [0.25, 0.3) is 0 Å². The third kappa shape index (κ3) is 4.03.